The van der Waals surface area contributed by atoms with Gasteiger partial charge >= 0.3 is 0 Å². The van der Waals surface area contributed by atoms with Crippen molar-refractivity contribution in [3.8, 4) is 11.5 Å². The molecular formula is C15H23NO2. The Balaban J connectivity index is 2.43. The van der Waals surface area contributed by atoms with Crippen LogP contribution in [0.3, 0.4) is 0 Å². The lowest BCUT2D eigenvalue weighted by Gasteiger charge is -2.42. The largest absolute Gasteiger partial charge is 0.508 e. The minimum absolute atomic E-state index is 0.200. The first kappa shape index (κ1) is 13.2. The predicted molar refractivity (Wildman–Crippen MR) is 73.1 cm³/mol. The van der Waals surface area contributed by atoms with Crippen molar-refractivity contribution in [2.24, 2.45) is 0 Å². The molecule has 0 amide bonds. The molecule has 1 N–H and O–H groups in total. The minimum Gasteiger partial charge on any atom is -0.508 e. The van der Waals surface area contributed by atoms with Crippen molar-refractivity contribution in [2.45, 2.75) is 51.8 Å². The Bertz CT molecular complexity index is 440. The topological polar surface area (TPSA) is 32.7 Å². The van der Waals surface area contributed by atoms with Gasteiger partial charge in [0.2, 0.25) is 0 Å². The number of aromatic hydroxyl groups is 1. The fourth-order valence-corrected chi connectivity index (χ4v) is 2.52. The van der Waals surface area contributed by atoms with Crippen molar-refractivity contribution < 1.29 is 9.84 Å². The number of nitrogens with zero attached hydrogens (tertiary/aromatic N) is 1. The smallest absolute Gasteiger partial charge is 0.128 e. The van der Waals surface area contributed by atoms with Crippen molar-refractivity contribution in [3.63, 3.8) is 0 Å². The third kappa shape index (κ3) is 2.46. The van der Waals surface area contributed by atoms with Gasteiger partial charge in [-0.05, 0) is 40.8 Å². The molecule has 0 aromatic heterocycles. The molecule has 3 nitrogen and oxygen atoms in total. The summed E-state index contributed by atoms with van der Waals surface area (Å²) < 4.78 is 5.97. The number of hydrogen-bond acceptors (Lipinski definition) is 3. The Morgan fingerprint density at radius 3 is 2.67 bits per heavy atom. The zero-order valence-corrected chi connectivity index (χ0v) is 11.9. The molecule has 0 saturated carbocycles. The van der Waals surface area contributed by atoms with Crippen molar-refractivity contribution in [1.29, 1.82) is 0 Å². The molecule has 100 valence electrons. The third-order valence-electron chi connectivity index (χ3n) is 3.73. The Morgan fingerprint density at radius 2 is 2.06 bits per heavy atom. The second-order valence-electron chi connectivity index (χ2n) is 6.06. The fourth-order valence-electron chi connectivity index (χ4n) is 2.52. The van der Waals surface area contributed by atoms with E-state index < -0.39 is 0 Å². The highest BCUT2D eigenvalue weighted by molar-refractivity contribution is 5.44. The van der Waals surface area contributed by atoms with E-state index in [-0.39, 0.29) is 11.4 Å². The van der Waals surface area contributed by atoms with E-state index in [1.165, 1.54) is 5.56 Å². The van der Waals surface area contributed by atoms with E-state index in [9.17, 15) is 5.11 Å². The Morgan fingerprint density at radius 1 is 1.39 bits per heavy atom. The summed E-state index contributed by atoms with van der Waals surface area (Å²) in [4.78, 5) is 2.36. The van der Waals surface area contributed by atoms with Gasteiger partial charge in [-0.3, -0.25) is 4.90 Å². The van der Waals surface area contributed by atoms with Crippen LogP contribution in [0.5, 0.6) is 11.5 Å². The van der Waals surface area contributed by atoms with E-state index in [4.69, 9.17) is 4.74 Å². The first-order valence-electron chi connectivity index (χ1n) is 6.54. The van der Waals surface area contributed by atoms with Gasteiger partial charge in [-0.1, -0.05) is 6.07 Å². The summed E-state index contributed by atoms with van der Waals surface area (Å²) in [6.07, 6.45) is 0.958. The molecule has 2 rings (SSSR count). The summed E-state index contributed by atoms with van der Waals surface area (Å²) in [5, 5.41) is 9.60. The predicted octanol–water partition coefficient (Wildman–Crippen LogP) is 3.33. The zero-order chi connectivity index (χ0) is 13.5. The summed E-state index contributed by atoms with van der Waals surface area (Å²) >= 11 is 0. The number of fused-ring (bicyclic) bond motifs is 1. The monoisotopic (exact) mass is 249 g/mol. The standard InChI is InChI=1S/C15H23NO2/c1-10(2)16(5)13-9-15(3,4)18-14-8-11(17)6-7-12(13)14/h6-8,10,13,17H,9H2,1-5H3. The summed E-state index contributed by atoms with van der Waals surface area (Å²) in [5.41, 5.74) is 0.970. The van der Waals surface area contributed by atoms with Crippen LogP contribution in [0.2, 0.25) is 0 Å². The molecule has 0 bridgehead atoms. The SMILES string of the molecule is CC(C)N(C)C1CC(C)(C)Oc2cc(O)ccc21. The Labute approximate surface area is 109 Å². The molecule has 1 atom stereocenters. The molecule has 3 heteroatoms. The summed E-state index contributed by atoms with van der Waals surface area (Å²) in [6.45, 7) is 8.59. The van der Waals surface area contributed by atoms with Gasteiger partial charge in [-0.2, -0.15) is 0 Å². The molecule has 0 radical (unpaired) electrons. The van der Waals surface area contributed by atoms with Crippen LogP contribution in [0.1, 0.15) is 45.7 Å². The maximum Gasteiger partial charge on any atom is 0.128 e. The van der Waals surface area contributed by atoms with Gasteiger partial charge in [0.25, 0.3) is 0 Å². The Hall–Kier alpha value is -1.22. The van der Waals surface area contributed by atoms with Crippen LogP contribution in [0.15, 0.2) is 18.2 Å². The van der Waals surface area contributed by atoms with Crippen LogP contribution < -0.4 is 4.74 Å². The highest BCUT2D eigenvalue weighted by Gasteiger charge is 2.36. The van der Waals surface area contributed by atoms with Gasteiger partial charge < -0.3 is 9.84 Å². The lowest BCUT2D eigenvalue weighted by molar-refractivity contribution is 0.0291. The summed E-state index contributed by atoms with van der Waals surface area (Å²) in [5.74, 6) is 1.07. The van der Waals surface area contributed by atoms with Crippen molar-refractivity contribution in [3.05, 3.63) is 23.8 Å². The fraction of sp³-hybridized carbons (Fsp3) is 0.600. The number of phenols is 1. The van der Waals surface area contributed by atoms with Crippen LogP contribution in [-0.2, 0) is 0 Å². The van der Waals surface area contributed by atoms with E-state index in [1.807, 2.05) is 6.07 Å². The molecule has 18 heavy (non-hydrogen) atoms. The van der Waals surface area contributed by atoms with Crippen LogP contribution in [0.4, 0.5) is 0 Å². The maximum atomic E-state index is 9.60. The van der Waals surface area contributed by atoms with Crippen molar-refractivity contribution >= 4 is 0 Å². The first-order chi connectivity index (χ1) is 8.30. The number of ether oxygens (including phenoxy) is 1. The van der Waals surface area contributed by atoms with Gasteiger partial charge in [-0.15, -0.1) is 0 Å². The van der Waals surface area contributed by atoms with E-state index >= 15 is 0 Å². The number of phenolic OH excluding ortho intramolecular Hbond substituents is 1. The van der Waals surface area contributed by atoms with Crippen molar-refractivity contribution in [2.75, 3.05) is 7.05 Å². The molecule has 0 saturated heterocycles. The van der Waals surface area contributed by atoms with E-state index in [0.717, 1.165) is 12.2 Å². The van der Waals surface area contributed by atoms with Gasteiger partial charge in [0.05, 0.1) is 0 Å². The molecular weight excluding hydrogens is 226 g/mol. The first-order valence-corrected chi connectivity index (χ1v) is 6.54. The quantitative estimate of drug-likeness (QED) is 0.872. The van der Waals surface area contributed by atoms with Crippen LogP contribution >= 0.6 is 0 Å². The summed E-state index contributed by atoms with van der Waals surface area (Å²) in [6, 6.07) is 6.25. The van der Waals surface area contributed by atoms with E-state index in [0.29, 0.717) is 12.1 Å². The normalized spacial score (nSPS) is 21.8. The average Bonchev–Trinajstić information content (AvgIpc) is 2.24. The highest BCUT2D eigenvalue weighted by Crippen LogP contribution is 2.43. The van der Waals surface area contributed by atoms with Gasteiger partial charge in [0.15, 0.2) is 0 Å². The van der Waals surface area contributed by atoms with Gasteiger partial charge in [0.1, 0.15) is 17.1 Å². The van der Waals surface area contributed by atoms with Gasteiger partial charge in [0, 0.05) is 30.1 Å². The molecule has 1 unspecified atom stereocenters. The third-order valence-corrected chi connectivity index (χ3v) is 3.73. The molecule has 0 fully saturated rings. The van der Waals surface area contributed by atoms with Crippen LogP contribution in [0.25, 0.3) is 0 Å². The lowest BCUT2D eigenvalue weighted by Crippen LogP contribution is -2.42. The molecule has 1 heterocycles. The van der Waals surface area contributed by atoms with Crippen LogP contribution in [0, 0.1) is 0 Å². The second kappa shape index (κ2) is 4.47. The zero-order valence-electron chi connectivity index (χ0n) is 11.9. The molecule has 1 aromatic rings. The lowest BCUT2D eigenvalue weighted by atomic mass is 9.88. The van der Waals surface area contributed by atoms with E-state index in [2.05, 4.69) is 39.6 Å². The average molecular weight is 249 g/mol. The summed E-state index contributed by atoms with van der Waals surface area (Å²) in [7, 11) is 2.15. The number of rotatable bonds is 2. The van der Waals surface area contributed by atoms with Gasteiger partial charge in [-0.25, -0.2) is 0 Å². The van der Waals surface area contributed by atoms with Crippen LogP contribution in [-0.4, -0.2) is 28.7 Å². The number of benzene rings is 1. The second-order valence-corrected chi connectivity index (χ2v) is 6.06. The molecule has 0 aliphatic carbocycles. The number of hydrogen-bond donors (Lipinski definition) is 1. The minimum atomic E-state index is -0.200. The molecule has 1 aliphatic rings. The maximum absolute atomic E-state index is 9.60. The molecule has 1 aromatic carbocycles. The Kier molecular flexibility index (Phi) is 3.28. The highest BCUT2D eigenvalue weighted by atomic mass is 16.5. The molecule has 0 spiro atoms. The molecule has 1 aliphatic heterocycles. The van der Waals surface area contributed by atoms with E-state index in [1.54, 1.807) is 12.1 Å². The van der Waals surface area contributed by atoms with Crippen molar-refractivity contribution in [1.82, 2.24) is 4.90 Å².